The average molecular weight is 102 g/mol. The number of hydrogen-bond donors (Lipinski definition) is 0. The highest BCUT2D eigenvalue weighted by molar-refractivity contribution is 6.43. The molecule has 0 heterocycles. The lowest BCUT2D eigenvalue weighted by atomic mass is 11.4. The normalized spacial score (nSPS) is 9.40. The van der Waals surface area contributed by atoms with Crippen LogP contribution in [-0.4, -0.2) is 20.2 Å². The topological polar surface area (TPSA) is 9.23 Å². The fourth-order valence-corrected chi connectivity index (χ4v) is 0.750. The van der Waals surface area contributed by atoms with Crippen LogP contribution in [0.5, 0.6) is 0 Å². The van der Waals surface area contributed by atoms with Crippen molar-refractivity contribution in [2.24, 2.45) is 0 Å². The molecule has 0 aliphatic rings. The first kappa shape index (κ1) is 4.95. The first-order valence-electron chi connectivity index (χ1n) is 1.34. The van der Waals surface area contributed by atoms with Gasteiger partial charge in [0.15, 0.2) is 0 Å². The molecule has 1 nitrogen and oxygen atoms in total. The minimum atomic E-state index is -0.478. The van der Waals surface area contributed by atoms with Crippen LogP contribution >= 0.6 is 0 Å². The third-order valence-corrected chi connectivity index (χ3v) is 1.55. The van der Waals surface area contributed by atoms with Crippen LogP contribution in [0.1, 0.15) is 0 Å². The van der Waals surface area contributed by atoms with Crippen LogP contribution in [0.15, 0.2) is 0 Å². The van der Waals surface area contributed by atoms with E-state index >= 15 is 0 Å². The fourth-order valence-electron chi connectivity index (χ4n) is 0.0833. The molecule has 28 valence electrons. The maximum atomic E-state index is 4.85. The second-order valence-corrected chi connectivity index (χ2v) is 3.64. The third-order valence-electron chi connectivity index (χ3n) is 0.228. The Bertz CT molecular complexity index is 46.1. The van der Waals surface area contributed by atoms with Gasteiger partial charge in [-0.2, -0.15) is 0 Å². The molecule has 0 radical (unpaired) electrons. The Labute approximate surface area is 37.2 Å². The Balaban J connectivity index is 2.48. The van der Waals surface area contributed by atoms with Crippen molar-refractivity contribution in [3.05, 3.63) is 0 Å². The lowest BCUT2D eigenvalue weighted by Crippen LogP contribution is -1.86. The summed E-state index contributed by atoms with van der Waals surface area (Å²) in [5, 5.41) is 0. The predicted molar refractivity (Wildman–Crippen MR) is 28.4 cm³/mol. The smallest absolute Gasteiger partial charge is 0.228 e. The summed E-state index contributed by atoms with van der Waals surface area (Å²) < 4.78 is 4.73. The molecule has 0 aromatic carbocycles. The highest BCUT2D eigenvalue weighted by Gasteiger charge is 1.61. The fraction of sp³-hybridized carbons (Fsp3) is 0. The van der Waals surface area contributed by atoms with Crippen LogP contribution in [0.2, 0.25) is 0 Å². The molecule has 0 atom stereocenters. The zero-order chi connectivity index (χ0) is 4.12. The zero-order valence-corrected chi connectivity index (χ0v) is 6.61. The Morgan fingerprint density at radius 1 is 2.00 bits per heavy atom. The van der Waals surface area contributed by atoms with Crippen molar-refractivity contribution < 1.29 is 4.12 Å². The van der Waals surface area contributed by atoms with E-state index in [1.165, 1.54) is 0 Å². The molecule has 0 amide bonds. The summed E-state index contributed by atoms with van der Waals surface area (Å²) >= 11 is 0. The van der Waals surface area contributed by atoms with E-state index in [2.05, 4.69) is 5.54 Å². The largest absolute Gasteiger partial charge is 0.459 e. The van der Waals surface area contributed by atoms with Gasteiger partial charge in [0.05, 0.1) is 0 Å². The molecule has 0 unspecified atom stereocenters. The Morgan fingerprint density at radius 2 is 2.60 bits per heavy atom. The van der Waals surface area contributed by atoms with Crippen molar-refractivity contribution in [2.75, 3.05) is 0 Å². The molecule has 0 aliphatic heterocycles. The van der Waals surface area contributed by atoms with E-state index in [-0.39, 0.29) is 0 Å². The standard InChI is InChI=1S/C2H6OSi2/c1-2-5-3-4/h1H,5H2,4H3. The summed E-state index contributed by atoms with van der Waals surface area (Å²) in [6, 6.07) is 0. The first-order chi connectivity index (χ1) is 2.41. The van der Waals surface area contributed by atoms with Gasteiger partial charge in [-0.3, -0.25) is 0 Å². The zero-order valence-electron chi connectivity index (χ0n) is 3.19. The van der Waals surface area contributed by atoms with Crippen molar-refractivity contribution in [1.29, 1.82) is 0 Å². The second kappa shape index (κ2) is 3.95. The molecule has 0 aromatic rings. The number of hydrogen-bond acceptors (Lipinski definition) is 1. The van der Waals surface area contributed by atoms with Crippen LogP contribution in [-0.2, 0) is 4.12 Å². The molecule has 0 saturated heterocycles. The Kier molecular flexibility index (Phi) is 3.92. The van der Waals surface area contributed by atoms with Gasteiger partial charge >= 0.3 is 0 Å². The van der Waals surface area contributed by atoms with Gasteiger partial charge < -0.3 is 4.12 Å². The van der Waals surface area contributed by atoms with Gasteiger partial charge in [-0.05, 0) is 0 Å². The minimum absolute atomic E-state index is 0.478. The molecule has 0 spiro atoms. The first-order valence-corrected chi connectivity index (χ1v) is 3.44. The number of rotatable bonds is 1. The van der Waals surface area contributed by atoms with E-state index in [1.807, 2.05) is 0 Å². The van der Waals surface area contributed by atoms with Crippen molar-refractivity contribution in [2.45, 2.75) is 0 Å². The van der Waals surface area contributed by atoms with Crippen LogP contribution < -0.4 is 0 Å². The van der Waals surface area contributed by atoms with Gasteiger partial charge in [0.2, 0.25) is 9.76 Å². The lowest BCUT2D eigenvalue weighted by molar-refractivity contribution is 0.678. The van der Waals surface area contributed by atoms with Crippen LogP contribution in [0.4, 0.5) is 0 Å². The van der Waals surface area contributed by atoms with E-state index < -0.39 is 9.76 Å². The maximum absolute atomic E-state index is 4.85. The lowest BCUT2D eigenvalue weighted by Gasteiger charge is -1.76. The van der Waals surface area contributed by atoms with Crippen LogP contribution in [0, 0.1) is 12.0 Å². The molecular weight excluding hydrogens is 96.2 g/mol. The van der Waals surface area contributed by atoms with Crippen molar-refractivity contribution in [1.82, 2.24) is 0 Å². The molecule has 0 rings (SSSR count). The quantitative estimate of drug-likeness (QED) is 0.274. The van der Waals surface area contributed by atoms with Crippen molar-refractivity contribution in [3.63, 3.8) is 0 Å². The van der Waals surface area contributed by atoms with Gasteiger partial charge in [0, 0.05) is 0 Å². The van der Waals surface area contributed by atoms with Crippen LogP contribution in [0.25, 0.3) is 0 Å². The van der Waals surface area contributed by atoms with E-state index in [9.17, 15) is 0 Å². The molecule has 5 heavy (non-hydrogen) atoms. The van der Waals surface area contributed by atoms with Gasteiger partial charge in [0.25, 0.3) is 0 Å². The molecular formula is C2H6OSi2. The van der Waals surface area contributed by atoms with E-state index in [4.69, 9.17) is 10.5 Å². The summed E-state index contributed by atoms with van der Waals surface area (Å²) in [5.41, 5.74) is 2.47. The van der Waals surface area contributed by atoms with Gasteiger partial charge in [-0.1, -0.05) is 0 Å². The average Bonchev–Trinajstić information content (AvgIpc) is 1.41. The van der Waals surface area contributed by atoms with E-state index in [1.54, 1.807) is 0 Å². The minimum Gasteiger partial charge on any atom is -0.459 e. The molecule has 0 N–H and O–H groups in total. The Morgan fingerprint density at radius 3 is 2.60 bits per heavy atom. The Hall–Kier alpha value is -0.0462. The molecule has 0 saturated carbocycles. The second-order valence-electron chi connectivity index (χ2n) is 0.637. The van der Waals surface area contributed by atoms with Gasteiger partial charge in [0.1, 0.15) is 10.5 Å². The highest BCUT2D eigenvalue weighted by atomic mass is 28.3. The van der Waals surface area contributed by atoms with Gasteiger partial charge in [-0.15, -0.1) is 12.0 Å². The highest BCUT2D eigenvalue weighted by Crippen LogP contribution is 1.46. The SMILES string of the molecule is C#C[SiH2]O[SiH3]. The van der Waals surface area contributed by atoms with Crippen molar-refractivity contribution in [3.8, 4) is 12.0 Å². The third kappa shape index (κ3) is 3.95. The summed E-state index contributed by atoms with van der Waals surface area (Å²) in [7, 11) is 0.340. The molecule has 0 aliphatic carbocycles. The van der Waals surface area contributed by atoms with Crippen LogP contribution in [0.3, 0.4) is 0 Å². The molecule has 0 fully saturated rings. The van der Waals surface area contributed by atoms with Crippen molar-refractivity contribution >= 4 is 20.2 Å². The molecule has 3 heteroatoms. The monoisotopic (exact) mass is 102 g/mol. The predicted octanol–water partition coefficient (Wildman–Crippen LogP) is -2.04. The summed E-state index contributed by atoms with van der Waals surface area (Å²) in [6.07, 6.45) is 4.85. The van der Waals surface area contributed by atoms with E-state index in [0.29, 0.717) is 0 Å². The maximum Gasteiger partial charge on any atom is 0.228 e. The van der Waals surface area contributed by atoms with Gasteiger partial charge in [-0.25, -0.2) is 0 Å². The number of terminal acetylenes is 1. The summed E-state index contributed by atoms with van der Waals surface area (Å²) in [4.78, 5) is 0. The summed E-state index contributed by atoms with van der Waals surface area (Å²) in [6.45, 7) is 0. The molecule has 0 aromatic heterocycles. The van der Waals surface area contributed by atoms with E-state index in [0.717, 1.165) is 10.5 Å². The molecule has 0 bridgehead atoms. The summed E-state index contributed by atoms with van der Waals surface area (Å²) in [5.74, 6) is 0.